The first-order valence-electron chi connectivity index (χ1n) is 12.5. The van der Waals surface area contributed by atoms with Crippen LogP contribution in [0, 0.1) is 19.8 Å². The van der Waals surface area contributed by atoms with Gasteiger partial charge in [-0.1, -0.05) is 29.7 Å². The van der Waals surface area contributed by atoms with Gasteiger partial charge in [-0.25, -0.2) is 4.98 Å². The molecule has 35 heavy (non-hydrogen) atoms. The van der Waals surface area contributed by atoms with Crippen molar-refractivity contribution in [3.63, 3.8) is 0 Å². The number of hydrogen-bond acceptors (Lipinski definition) is 5. The molecule has 1 aliphatic carbocycles. The van der Waals surface area contributed by atoms with Gasteiger partial charge in [-0.3, -0.25) is 4.40 Å². The summed E-state index contributed by atoms with van der Waals surface area (Å²) in [7, 11) is 1.64. The molecule has 1 saturated carbocycles. The Bertz CT molecular complexity index is 1310. The summed E-state index contributed by atoms with van der Waals surface area (Å²) >= 11 is 6.37. The number of benzene rings is 1. The monoisotopic (exact) mass is 492 g/mol. The molecule has 0 aliphatic heterocycles. The highest BCUT2D eigenvalue weighted by Crippen LogP contribution is 2.32. The Kier molecular flexibility index (Phi) is 6.74. The van der Waals surface area contributed by atoms with Gasteiger partial charge in [-0.2, -0.15) is 0 Å². The fourth-order valence-corrected chi connectivity index (χ4v) is 5.48. The molecule has 5 rings (SSSR count). The van der Waals surface area contributed by atoms with Crippen molar-refractivity contribution in [3.05, 3.63) is 64.3 Å². The van der Waals surface area contributed by atoms with E-state index in [-0.39, 0.29) is 0 Å². The lowest BCUT2D eigenvalue weighted by Gasteiger charge is -2.27. The highest BCUT2D eigenvalue weighted by Gasteiger charge is 2.22. The van der Waals surface area contributed by atoms with Crippen molar-refractivity contribution in [1.29, 1.82) is 0 Å². The third-order valence-electron chi connectivity index (χ3n) is 7.24. The molecule has 1 fully saturated rings. The summed E-state index contributed by atoms with van der Waals surface area (Å²) < 4.78 is 12.9. The average Bonchev–Trinajstić information content (AvgIpc) is 3.37. The first kappa shape index (κ1) is 23.7. The number of aromatic nitrogens is 3. The quantitative estimate of drug-likeness (QED) is 0.299. The number of anilines is 1. The number of halogens is 1. The second-order valence-electron chi connectivity index (χ2n) is 9.82. The van der Waals surface area contributed by atoms with Crippen molar-refractivity contribution >= 4 is 23.1 Å². The van der Waals surface area contributed by atoms with Crippen LogP contribution in [-0.2, 0) is 12.8 Å². The summed E-state index contributed by atoms with van der Waals surface area (Å²) in [6, 6.07) is 10.7. The van der Waals surface area contributed by atoms with E-state index in [1.807, 2.05) is 26.0 Å². The molecular weight excluding hydrogens is 460 g/mol. The van der Waals surface area contributed by atoms with Crippen molar-refractivity contribution in [2.24, 2.45) is 5.92 Å². The molecule has 0 saturated heterocycles. The summed E-state index contributed by atoms with van der Waals surface area (Å²) in [5.41, 5.74) is 6.18. The number of nitrogens with zero attached hydrogens (tertiary/aromatic N) is 3. The number of hydrogen-bond donors (Lipinski definition) is 1. The zero-order valence-electron chi connectivity index (χ0n) is 20.9. The van der Waals surface area contributed by atoms with E-state index >= 15 is 0 Å². The Hall–Kier alpha value is -2.99. The van der Waals surface area contributed by atoms with E-state index in [4.69, 9.17) is 25.8 Å². The van der Waals surface area contributed by atoms with Crippen LogP contribution in [0.3, 0.4) is 0 Å². The lowest BCUT2D eigenvalue weighted by atomic mass is 9.87. The third kappa shape index (κ3) is 4.90. The minimum Gasteiger partial charge on any atom is -0.495 e. The molecule has 1 aliphatic rings. The zero-order chi connectivity index (χ0) is 24.5. The molecule has 7 heteroatoms. The maximum Gasteiger partial charge on any atom is 0.141 e. The summed E-state index contributed by atoms with van der Waals surface area (Å²) in [6.07, 6.45) is 8.70. The number of fused-ring (bicyclic) bond motifs is 1. The van der Waals surface area contributed by atoms with Crippen LogP contribution in [0.25, 0.3) is 16.8 Å². The van der Waals surface area contributed by atoms with Crippen molar-refractivity contribution in [1.82, 2.24) is 14.5 Å². The molecule has 0 amide bonds. The maximum absolute atomic E-state index is 6.37. The number of aryl methyl sites for hydroxylation is 4. The van der Waals surface area contributed by atoms with Crippen LogP contribution in [0.5, 0.6) is 5.75 Å². The zero-order valence-corrected chi connectivity index (χ0v) is 21.7. The van der Waals surface area contributed by atoms with Crippen molar-refractivity contribution in [3.8, 4) is 16.9 Å². The molecule has 4 aromatic rings. The predicted molar refractivity (Wildman–Crippen MR) is 141 cm³/mol. The van der Waals surface area contributed by atoms with Gasteiger partial charge in [0.1, 0.15) is 23.0 Å². The molecule has 0 bridgehead atoms. The van der Waals surface area contributed by atoms with Gasteiger partial charge >= 0.3 is 0 Å². The van der Waals surface area contributed by atoms with Gasteiger partial charge < -0.3 is 14.6 Å². The largest absolute Gasteiger partial charge is 0.495 e. The van der Waals surface area contributed by atoms with Gasteiger partial charge in [-0.15, -0.1) is 0 Å². The Labute approximate surface area is 211 Å². The number of nitrogens with one attached hydrogen (secondary N) is 1. The number of pyridine rings is 1. The van der Waals surface area contributed by atoms with Crippen LogP contribution < -0.4 is 10.1 Å². The Morgan fingerprint density at radius 1 is 1.11 bits per heavy atom. The normalized spacial score (nSPS) is 18.2. The summed E-state index contributed by atoms with van der Waals surface area (Å²) in [5.74, 6) is 3.44. The second-order valence-corrected chi connectivity index (χ2v) is 10.2. The van der Waals surface area contributed by atoms with E-state index in [1.54, 1.807) is 7.11 Å². The van der Waals surface area contributed by atoms with E-state index in [2.05, 4.69) is 46.2 Å². The molecule has 6 nitrogen and oxygen atoms in total. The van der Waals surface area contributed by atoms with Crippen LogP contribution in [0.15, 0.2) is 41.1 Å². The lowest BCUT2D eigenvalue weighted by Crippen LogP contribution is -2.26. The lowest BCUT2D eigenvalue weighted by molar-refractivity contribution is 0.360. The van der Waals surface area contributed by atoms with E-state index in [9.17, 15) is 0 Å². The SMILES string of the molecule is COc1ccc(CCc2nc3cc(-c4c(C)noc4C)ccn3c2NC2CCC(C)CC2)cc1Cl. The van der Waals surface area contributed by atoms with Crippen LogP contribution in [0.4, 0.5) is 5.82 Å². The van der Waals surface area contributed by atoms with E-state index < -0.39 is 0 Å². The van der Waals surface area contributed by atoms with E-state index in [0.717, 1.165) is 58.5 Å². The molecule has 3 heterocycles. The minimum atomic E-state index is 0.475. The molecular formula is C28H33ClN4O2. The minimum absolute atomic E-state index is 0.475. The molecule has 1 aromatic carbocycles. The molecule has 1 N–H and O–H groups in total. The van der Waals surface area contributed by atoms with Gasteiger partial charge in [0.2, 0.25) is 0 Å². The maximum atomic E-state index is 6.37. The Morgan fingerprint density at radius 3 is 2.60 bits per heavy atom. The van der Waals surface area contributed by atoms with Crippen LogP contribution in [-0.4, -0.2) is 27.7 Å². The van der Waals surface area contributed by atoms with E-state index in [0.29, 0.717) is 16.8 Å². The van der Waals surface area contributed by atoms with Gasteiger partial charge in [0.15, 0.2) is 0 Å². The highest BCUT2D eigenvalue weighted by atomic mass is 35.5. The molecule has 184 valence electrons. The topological polar surface area (TPSA) is 64.6 Å². The number of rotatable bonds is 7. The van der Waals surface area contributed by atoms with Gasteiger partial charge in [0.25, 0.3) is 0 Å². The van der Waals surface area contributed by atoms with Crippen molar-refractivity contribution in [2.75, 3.05) is 12.4 Å². The fourth-order valence-electron chi connectivity index (χ4n) is 5.20. The summed E-state index contributed by atoms with van der Waals surface area (Å²) in [6.45, 7) is 6.28. The number of methoxy groups -OCH3 is 1. The number of imidazole rings is 1. The Morgan fingerprint density at radius 2 is 1.91 bits per heavy atom. The molecule has 3 aromatic heterocycles. The van der Waals surface area contributed by atoms with Gasteiger partial charge in [0, 0.05) is 17.8 Å². The van der Waals surface area contributed by atoms with Crippen molar-refractivity contribution < 1.29 is 9.26 Å². The van der Waals surface area contributed by atoms with Gasteiger partial charge in [-0.05, 0) is 93.7 Å². The standard InChI is InChI=1S/C28H33ClN4O2/c1-17-5-9-22(10-6-17)30-28-24(11-7-20-8-12-25(34-4)23(29)15-20)31-26-16-21(13-14-33(26)28)27-18(2)32-35-19(27)3/h8,12-17,22,30H,5-7,9-11H2,1-4H3. The van der Waals surface area contributed by atoms with Crippen LogP contribution >= 0.6 is 11.6 Å². The van der Waals surface area contributed by atoms with Crippen molar-refractivity contribution in [2.45, 2.75) is 65.3 Å². The first-order valence-corrected chi connectivity index (χ1v) is 12.8. The fraction of sp³-hybridized carbons (Fsp3) is 0.429. The van der Waals surface area contributed by atoms with Crippen LogP contribution in [0.1, 0.15) is 55.3 Å². The summed E-state index contributed by atoms with van der Waals surface area (Å²) in [5, 5.41) is 8.62. The Balaban J connectivity index is 1.48. The average molecular weight is 493 g/mol. The molecule has 0 unspecified atom stereocenters. The van der Waals surface area contributed by atoms with Gasteiger partial charge in [0.05, 0.1) is 23.5 Å². The molecule has 0 spiro atoms. The first-order chi connectivity index (χ1) is 16.9. The third-order valence-corrected chi connectivity index (χ3v) is 7.54. The highest BCUT2D eigenvalue weighted by molar-refractivity contribution is 6.32. The van der Waals surface area contributed by atoms with E-state index in [1.165, 1.54) is 31.2 Å². The van der Waals surface area contributed by atoms with Crippen LogP contribution in [0.2, 0.25) is 5.02 Å². The second kappa shape index (κ2) is 9.94. The summed E-state index contributed by atoms with van der Waals surface area (Å²) in [4.78, 5) is 5.09. The molecule has 0 atom stereocenters. The predicted octanol–water partition coefficient (Wildman–Crippen LogP) is 7.04. The number of ether oxygens (including phenoxy) is 1. The smallest absolute Gasteiger partial charge is 0.141 e. The molecule has 0 radical (unpaired) electrons.